The Bertz CT molecular complexity index is 826. The molecule has 0 aromatic heterocycles. The number of aliphatic carboxylic acids is 1. The topological polar surface area (TPSA) is 75.6 Å². The Hall–Kier alpha value is -2.24. The summed E-state index contributed by atoms with van der Waals surface area (Å²) in [7, 11) is 0. The van der Waals surface area contributed by atoms with Gasteiger partial charge in [0.2, 0.25) is 5.91 Å². The number of benzene rings is 2. The summed E-state index contributed by atoms with van der Waals surface area (Å²) >= 11 is 12.4. The van der Waals surface area contributed by atoms with Gasteiger partial charge < -0.3 is 15.2 Å². The smallest absolute Gasteiger partial charge is 0.307 e. The molecule has 0 aliphatic rings. The second-order valence-corrected chi connectivity index (χ2v) is 7.00. The van der Waals surface area contributed by atoms with Crippen molar-refractivity contribution in [3.8, 4) is 11.5 Å². The lowest BCUT2D eigenvalue weighted by molar-refractivity contribution is -0.136. The number of hydrogen-bond donors (Lipinski definition) is 2. The average Bonchev–Trinajstić information content (AvgIpc) is 2.52. The molecule has 0 fully saturated rings. The molecule has 0 heterocycles. The molecular formula is C19H19Cl2NO4. The van der Waals surface area contributed by atoms with Crippen LogP contribution >= 0.6 is 23.2 Å². The number of ether oxygens (including phenoxy) is 1. The van der Waals surface area contributed by atoms with Crippen LogP contribution in [0.25, 0.3) is 0 Å². The van der Waals surface area contributed by atoms with Gasteiger partial charge in [0, 0.05) is 11.6 Å². The molecule has 5 nitrogen and oxygen atoms in total. The van der Waals surface area contributed by atoms with E-state index in [-0.39, 0.29) is 34.0 Å². The minimum Gasteiger partial charge on any atom is -0.481 e. The molecule has 138 valence electrons. The van der Waals surface area contributed by atoms with Gasteiger partial charge in [-0.25, -0.2) is 0 Å². The van der Waals surface area contributed by atoms with E-state index in [1.54, 1.807) is 18.2 Å². The number of carbonyl (C=O) groups is 2. The molecule has 0 unspecified atom stereocenters. The molecule has 7 heteroatoms. The molecule has 0 saturated carbocycles. The van der Waals surface area contributed by atoms with Gasteiger partial charge in [-0.1, -0.05) is 37.0 Å². The fourth-order valence-corrected chi connectivity index (χ4v) is 2.83. The third-order valence-corrected chi connectivity index (χ3v) is 4.17. The second kappa shape index (κ2) is 8.43. The number of anilines is 1. The molecule has 2 aromatic rings. The maximum atomic E-state index is 11.8. The average molecular weight is 396 g/mol. The van der Waals surface area contributed by atoms with Gasteiger partial charge in [-0.3, -0.25) is 9.59 Å². The Balaban J connectivity index is 2.22. The van der Waals surface area contributed by atoms with Crippen LogP contribution < -0.4 is 10.1 Å². The van der Waals surface area contributed by atoms with E-state index in [2.05, 4.69) is 5.32 Å². The number of nitrogens with one attached hydrogen (secondary N) is 1. The van der Waals surface area contributed by atoms with E-state index in [4.69, 9.17) is 33.0 Å². The number of carbonyl (C=O) groups excluding carboxylic acids is 1. The van der Waals surface area contributed by atoms with Gasteiger partial charge in [0.15, 0.2) is 5.75 Å². The normalized spacial score (nSPS) is 10.7. The van der Waals surface area contributed by atoms with Gasteiger partial charge in [-0.2, -0.15) is 0 Å². The fourth-order valence-electron chi connectivity index (χ4n) is 2.22. The highest BCUT2D eigenvalue weighted by atomic mass is 35.5. The van der Waals surface area contributed by atoms with Gasteiger partial charge in [0.25, 0.3) is 0 Å². The maximum absolute atomic E-state index is 11.8. The largest absolute Gasteiger partial charge is 0.481 e. The van der Waals surface area contributed by atoms with E-state index in [0.717, 1.165) is 5.56 Å². The Morgan fingerprint density at radius 3 is 2.27 bits per heavy atom. The molecule has 0 atom stereocenters. The van der Waals surface area contributed by atoms with E-state index >= 15 is 0 Å². The number of hydrogen-bond acceptors (Lipinski definition) is 3. The zero-order valence-electron chi connectivity index (χ0n) is 14.6. The molecule has 1 amide bonds. The summed E-state index contributed by atoms with van der Waals surface area (Å²) in [5, 5.41) is 12.2. The van der Waals surface area contributed by atoms with Crippen molar-refractivity contribution >= 4 is 40.8 Å². The van der Waals surface area contributed by atoms with E-state index in [9.17, 15) is 9.59 Å². The summed E-state index contributed by atoms with van der Waals surface area (Å²) < 4.78 is 5.76. The minimum atomic E-state index is -0.972. The molecule has 2 aromatic carbocycles. The van der Waals surface area contributed by atoms with Crippen molar-refractivity contribution in [2.45, 2.75) is 27.2 Å². The molecule has 0 bridgehead atoms. The van der Waals surface area contributed by atoms with Crippen LogP contribution in [-0.2, 0) is 16.0 Å². The van der Waals surface area contributed by atoms with E-state index < -0.39 is 5.97 Å². The van der Waals surface area contributed by atoms with Crippen LogP contribution in [0.5, 0.6) is 11.5 Å². The van der Waals surface area contributed by atoms with E-state index in [0.29, 0.717) is 17.0 Å². The maximum Gasteiger partial charge on any atom is 0.307 e. The number of carboxylic acid groups (broad SMARTS) is 1. The first-order chi connectivity index (χ1) is 12.2. The minimum absolute atomic E-state index is 0.0677. The highest BCUT2D eigenvalue weighted by Gasteiger charge is 2.14. The highest BCUT2D eigenvalue weighted by Crippen LogP contribution is 2.38. The number of rotatable bonds is 6. The standard InChI is InChI=1S/C19H19Cl2NO4/c1-10(2)19(25)22-16-5-4-13(6-11(16)3)26-18-14(20)7-12(8-15(18)21)9-17(23)24/h4-8,10H,9H2,1-3H3,(H,22,25)(H,23,24). The molecule has 0 spiro atoms. The summed E-state index contributed by atoms with van der Waals surface area (Å²) in [6, 6.07) is 8.22. The van der Waals surface area contributed by atoms with Gasteiger partial charge >= 0.3 is 5.97 Å². The monoisotopic (exact) mass is 395 g/mol. The van der Waals surface area contributed by atoms with Crippen molar-refractivity contribution in [3.63, 3.8) is 0 Å². The van der Waals surface area contributed by atoms with Crippen molar-refractivity contribution in [2.24, 2.45) is 5.92 Å². The third kappa shape index (κ3) is 5.13. The first kappa shape index (κ1) is 20.1. The van der Waals surface area contributed by atoms with Crippen molar-refractivity contribution in [2.75, 3.05) is 5.32 Å². The zero-order valence-corrected chi connectivity index (χ0v) is 16.1. The lowest BCUT2D eigenvalue weighted by Crippen LogP contribution is -2.18. The molecule has 2 rings (SSSR count). The Morgan fingerprint density at radius 2 is 1.77 bits per heavy atom. The van der Waals surface area contributed by atoms with Crippen LogP contribution in [0.4, 0.5) is 5.69 Å². The van der Waals surface area contributed by atoms with Gasteiger partial charge in [-0.05, 0) is 48.4 Å². The SMILES string of the molecule is Cc1cc(Oc2c(Cl)cc(CC(=O)O)cc2Cl)ccc1NC(=O)C(C)C. The molecule has 0 aliphatic heterocycles. The van der Waals surface area contributed by atoms with Crippen molar-refractivity contribution in [3.05, 3.63) is 51.5 Å². The molecule has 26 heavy (non-hydrogen) atoms. The predicted molar refractivity (Wildman–Crippen MR) is 103 cm³/mol. The van der Waals surface area contributed by atoms with Crippen LogP contribution in [0, 0.1) is 12.8 Å². The zero-order chi connectivity index (χ0) is 19.4. The Kier molecular flexibility index (Phi) is 6.51. The second-order valence-electron chi connectivity index (χ2n) is 6.18. The molecule has 2 N–H and O–H groups in total. The number of amides is 1. The van der Waals surface area contributed by atoms with Gasteiger partial charge in [0.05, 0.1) is 16.5 Å². The lowest BCUT2D eigenvalue weighted by atomic mass is 10.1. The lowest BCUT2D eigenvalue weighted by Gasteiger charge is -2.14. The van der Waals surface area contributed by atoms with Crippen molar-refractivity contribution in [1.29, 1.82) is 0 Å². The fraction of sp³-hybridized carbons (Fsp3) is 0.263. The first-order valence-electron chi connectivity index (χ1n) is 7.96. The van der Waals surface area contributed by atoms with Gasteiger partial charge in [0.1, 0.15) is 5.75 Å². The van der Waals surface area contributed by atoms with Crippen LogP contribution in [-0.4, -0.2) is 17.0 Å². The molecular weight excluding hydrogens is 377 g/mol. The summed E-state index contributed by atoms with van der Waals surface area (Å²) in [4.78, 5) is 22.6. The van der Waals surface area contributed by atoms with Crippen LogP contribution in [0.2, 0.25) is 10.0 Å². The van der Waals surface area contributed by atoms with Crippen molar-refractivity contribution in [1.82, 2.24) is 0 Å². The molecule has 0 radical (unpaired) electrons. The van der Waals surface area contributed by atoms with Crippen molar-refractivity contribution < 1.29 is 19.4 Å². The number of carboxylic acids is 1. The third-order valence-electron chi connectivity index (χ3n) is 3.61. The molecule has 0 saturated heterocycles. The van der Waals surface area contributed by atoms with Crippen LogP contribution in [0.1, 0.15) is 25.0 Å². The summed E-state index contributed by atoms with van der Waals surface area (Å²) in [6.45, 7) is 5.49. The Morgan fingerprint density at radius 1 is 1.15 bits per heavy atom. The number of aryl methyl sites for hydroxylation is 1. The first-order valence-corrected chi connectivity index (χ1v) is 8.72. The summed E-state index contributed by atoms with van der Waals surface area (Å²) in [5.41, 5.74) is 2.01. The van der Waals surface area contributed by atoms with Crippen LogP contribution in [0.15, 0.2) is 30.3 Å². The summed E-state index contributed by atoms with van der Waals surface area (Å²) in [5.74, 6) is -0.407. The Labute approximate surface area is 161 Å². The van der Waals surface area contributed by atoms with Crippen LogP contribution in [0.3, 0.4) is 0 Å². The molecule has 0 aliphatic carbocycles. The quantitative estimate of drug-likeness (QED) is 0.693. The predicted octanol–water partition coefficient (Wildman–Crippen LogP) is 5.32. The number of halogens is 2. The highest BCUT2D eigenvalue weighted by molar-refractivity contribution is 6.37. The van der Waals surface area contributed by atoms with E-state index in [1.165, 1.54) is 12.1 Å². The van der Waals surface area contributed by atoms with Gasteiger partial charge in [-0.15, -0.1) is 0 Å². The summed E-state index contributed by atoms with van der Waals surface area (Å²) in [6.07, 6.45) is -0.178. The van der Waals surface area contributed by atoms with E-state index in [1.807, 2.05) is 20.8 Å².